The molecule has 1 atom stereocenters. The van der Waals surface area contributed by atoms with E-state index in [0.29, 0.717) is 0 Å². The fourth-order valence-electron chi connectivity index (χ4n) is 7.38. The van der Waals surface area contributed by atoms with Crippen LogP contribution in [-0.4, -0.2) is 11.7 Å². The molecule has 8 aromatic carbocycles. The van der Waals surface area contributed by atoms with Crippen molar-refractivity contribution in [3.05, 3.63) is 193 Å². The molecule has 0 aliphatic carbocycles. The van der Waals surface area contributed by atoms with Gasteiger partial charge in [-0.3, -0.25) is 0 Å². The Morgan fingerprint density at radius 3 is 1.65 bits per heavy atom. The maximum absolute atomic E-state index is 6.55. The van der Waals surface area contributed by atoms with Gasteiger partial charge in [0.25, 0.3) is 0 Å². The third-order valence-electron chi connectivity index (χ3n) is 9.92. The van der Waals surface area contributed by atoms with Gasteiger partial charge in [-0.2, -0.15) is 0 Å². The van der Waals surface area contributed by atoms with Gasteiger partial charge in [0.05, 0.1) is 0 Å². The SMILES string of the molecule is c1ccc(-c2ccc(C3=NC(c4cccc5oc6cccc(-c7ccc8ccccc8c7)c6c45)N=C(c4ccc5ccccc5c4)N3)cc2)cc1. The van der Waals surface area contributed by atoms with Crippen molar-refractivity contribution in [3.8, 4) is 22.3 Å². The van der Waals surface area contributed by atoms with Gasteiger partial charge in [0.15, 0.2) is 6.17 Å². The highest BCUT2D eigenvalue weighted by Crippen LogP contribution is 2.42. The van der Waals surface area contributed by atoms with Crippen molar-refractivity contribution < 1.29 is 4.42 Å². The number of rotatable bonds is 5. The first-order chi connectivity index (χ1) is 25.2. The van der Waals surface area contributed by atoms with Crippen LogP contribution in [0.1, 0.15) is 22.9 Å². The van der Waals surface area contributed by atoms with Gasteiger partial charge < -0.3 is 9.73 Å². The Morgan fingerprint density at radius 2 is 0.922 bits per heavy atom. The van der Waals surface area contributed by atoms with Crippen LogP contribution in [0.2, 0.25) is 0 Å². The summed E-state index contributed by atoms with van der Waals surface area (Å²) in [6, 6.07) is 61.7. The predicted octanol–water partition coefficient (Wildman–Crippen LogP) is 11.7. The summed E-state index contributed by atoms with van der Waals surface area (Å²) in [4.78, 5) is 10.6. The number of benzene rings is 8. The first-order valence-electron chi connectivity index (χ1n) is 17.3. The number of nitrogens with one attached hydrogen (secondary N) is 1. The fourth-order valence-corrected chi connectivity index (χ4v) is 7.38. The predicted molar refractivity (Wildman–Crippen MR) is 211 cm³/mol. The molecule has 51 heavy (non-hydrogen) atoms. The molecule has 1 aliphatic rings. The van der Waals surface area contributed by atoms with Crippen LogP contribution in [0.15, 0.2) is 190 Å². The largest absolute Gasteiger partial charge is 0.456 e. The van der Waals surface area contributed by atoms with Crippen molar-refractivity contribution in [1.82, 2.24) is 5.32 Å². The van der Waals surface area contributed by atoms with Crippen LogP contribution < -0.4 is 5.32 Å². The summed E-state index contributed by atoms with van der Waals surface area (Å²) < 4.78 is 6.55. The van der Waals surface area contributed by atoms with E-state index in [-0.39, 0.29) is 0 Å². The molecule has 240 valence electrons. The number of furan rings is 1. The van der Waals surface area contributed by atoms with Crippen molar-refractivity contribution in [3.63, 3.8) is 0 Å². The number of hydrogen-bond donors (Lipinski definition) is 1. The van der Waals surface area contributed by atoms with E-state index in [0.717, 1.165) is 72.4 Å². The van der Waals surface area contributed by atoms with Gasteiger partial charge in [0, 0.05) is 27.5 Å². The number of amidine groups is 2. The first kappa shape index (κ1) is 29.2. The second kappa shape index (κ2) is 12.0. The summed E-state index contributed by atoms with van der Waals surface area (Å²) in [6.07, 6.45) is -0.509. The first-order valence-corrected chi connectivity index (χ1v) is 17.3. The minimum absolute atomic E-state index is 0.509. The van der Waals surface area contributed by atoms with Gasteiger partial charge in [0.2, 0.25) is 0 Å². The van der Waals surface area contributed by atoms with E-state index in [9.17, 15) is 0 Å². The van der Waals surface area contributed by atoms with Crippen molar-refractivity contribution in [2.45, 2.75) is 6.17 Å². The van der Waals surface area contributed by atoms with Gasteiger partial charge in [-0.25, -0.2) is 9.98 Å². The second-order valence-corrected chi connectivity index (χ2v) is 13.0. The normalized spacial score (nSPS) is 14.5. The molecule has 2 heterocycles. The number of hydrogen-bond acceptors (Lipinski definition) is 4. The molecule has 1 aliphatic heterocycles. The van der Waals surface area contributed by atoms with Crippen LogP contribution >= 0.6 is 0 Å². The Balaban J connectivity index is 1.16. The third kappa shape index (κ3) is 5.17. The molecule has 0 radical (unpaired) electrons. The van der Waals surface area contributed by atoms with Crippen LogP contribution in [0.3, 0.4) is 0 Å². The van der Waals surface area contributed by atoms with E-state index >= 15 is 0 Å². The molecule has 1 unspecified atom stereocenters. The highest BCUT2D eigenvalue weighted by molar-refractivity contribution is 6.18. The average Bonchev–Trinajstić information content (AvgIpc) is 3.60. The lowest BCUT2D eigenvalue weighted by Crippen LogP contribution is -2.36. The van der Waals surface area contributed by atoms with Gasteiger partial charge in [0.1, 0.15) is 22.8 Å². The highest BCUT2D eigenvalue weighted by Gasteiger charge is 2.25. The minimum Gasteiger partial charge on any atom is -0.456 e. The molecule has 4 nitrogen and oxygen atoms in total. The quantitative estimate of drug-likeness (QED) is 0.201. The molecule has 9 aromatic rings. The van der Waals surface area contributed by atoms with E-state index < -0.39 is 6.17 Å². The topological polar surface area (TPSA) is 49.9 Å². The molecule has 0 fully saturated rings. The Bertz CT molecular complexity index is 2830. The van der Waals surface area contributed by atoms with Crippen LogP contribution in [0.4, 0.5) is 0 Å². The van der Waals surface area contributed by atoms with E-state index in [2.05, 4.69) is 163 Å². The van der Waals surface area contributed by atoms with Crippen LogP contribution in [0.25, 0.3) is 65.7 Å². The van der Waals surface area contributed by atoms with E-state index in [1.54, 1.807) is 0 Å². The van der Waals surface area contributed by atoms with Crippen LogP contribution in [-0.2, 0) is 0 Å². The molecule has 0 bridgehead atoms. The molecule has 0 amide bonds. The third-order valence-corrected chi connectivity index (χ3v) is 9.92. The number of fused-ring (bicyclic) bond motifs is 5. The van der Waals surface area contributed by atoms with E-state index in [4.69, 9.17) is 14.4 Å². The zero-order valence-corrected chi connectivity index (χ0v) is 27.6. The molecular weight excluding hydrogens is 623 g/mol. The lowest BCUT2D eigenvalue weighted by molar-refractivity contribution is 0.667. The minimum atomic E-state index is -0.509. The highest BCUT2D eigenvalue weighted by atomic mass is 16.3. The monoisotopic (exact) mass is 653 g/mol. The second-order valence-electron chi connectivity index (χ2n) is 13.0. The molecule has 4 heteroatoms. The van der Waals surface area contributed by atoms with Crippen LogP contribution in [0, 0.1) is 0 Å². The molecule has 1 aromatic heterocycles. The molecule has 1 N–H and O–H groups in total. The van der Waals surface area contributed by atoms with Crippen LogP contribution in [0.5, 0.6) is 0 Å². The van der Waals surface area contributed by atoms with Crippen molar-refractivity contribution in [1.29, 1.82) is 0 Å². The van der Waals surface area contributed by atoms with Crippen molar-refractivity contribution in [2.24, 2.45) is 9.98 Å². The fraction of sp³-hybridized carbons (Fsp3) is 0.0213. The smallest absolute Gasteiger partial charge is 0.170 e. The zero-order chi connectivity index (χ0) is 33.7. The molecule has 0 spiro atoms. The molecule has 0 saturated carbocycles. The average molecular weight is 654 g/mol. The standard InChI is InChI=1S/C47H31N3O/c1-2-10-30(11-3-1)33-20-24-34(25-21-33)45-48-46(38-27-23-32-13-5-7-15-36(32)29-38)50-47(49-45)40-17-9-19-42-44(40)43-39(16-8-18-41(43)51-42)37-26-22-31-12-4-6-14-35(31)28-37/h1-29,47H,(H,48,49,50). The summed E-state index contributed by atoms with van der Waals surface area (Å²) in [5, 5.41) is 10.5. The molecular formula is C47H31N3O. The number of aliphatic imine (C=N–C) groups is 2. The summed E-state index contributed by atoms with van der Waals surface area (Å²) in [5.74, 6) is 1.56. The van der Waals surface area contributed by atoms with Gasteiger partial charge in [-0.1, -0.05) is 152 Å². The molecule has 10 rings (SSSR count). The van der Waals surface area contributed by atoms with Crippen molar-refractivity contribution >= 4 is 55.2 Å². The lowest BCUT2D eigenvalue weighted by atomic mass is 9.95. The van der Waals surface area contributed by atoms with Gasteiger partial charge in [-0.05, 0) is 68.1 Å². The van der Waals surface area contributed by atoms with E-state index in [1.165, 1.54) is 21.7 Å². The lowest BCUT2D eigenvalue weighted by Gasteiger charge is -2.23. The summed E-state index contributed by atoms with van der Waals surface area (Å²) >= 11 is 0. The van der Waals surface area contributed by atoms with Gasteiger partial charge >= 0.3 is 0 Å². The summed E-state index contributed by atoms with van der Waals surface area (Å²) in [6.45, 7) is 0. The van der Waals surface area contributed by atoms with E-state index in [1.807, 2.05) is 18.2 Å². The number of nitrogens with zero attached hydrogens (tertiary/aromatic N) is 2. The maximum atomic E-state index is 6.55. The summed E-state index contributed by atoms with van der Waals surface area (Å²) in [5.41, 5.74) is 9.27. The Labute approximate surface area is 295 Å². The molecule has 0 saturated heterocycles. The Morgan fingerprint density at radius 1 is 0.392 bits per heavy atom. The zero-order valence-electron chi connectivity index (χ0n) is 27.6. The van der Waals surface area contributed by atoms with Gasteiger partial charge in [-0.15, -0.1) is 0 Å². The van der Waals surface area contributed by atoms with Crippen molar-refractivity contribution in [2.75, 3.05) is 0 Å². The summed E-state index contributed by atoms with van der Waals surface area (Å²) in [7, 11) is 0. The Kier molecular flexibility index (Phi) is 6.85. The Hall–Kier alpha value is -6.78. The maximum Gasteiger partial charge on any atom is 0.170 e.